The van der Waals surface area contributed by atoms with Crippen LogP contribution in [0.15, 0.2) is 23.1 Å². The van der Waals surface area contributed by atoms with Crippen molar-refractivity contribution in [1.82, 2.24) is 0 Å². The first kappa shape index (κ1) is 13.0. The van der Waals surface area contributed by atoms with E-state index in [4.69, 9.17) is 0 Å². The molecule has 0 radical (unpaired) electrons. The molecule has 16 heavy (non-hydrogen) atoms. The van der Waals surface area contributed by atoms with Crippen molar-refractivity contribution in [1.29, 1.82) is 0 Å². The second-order valence-electron chi connectivity index (χ2n) is 3.44. The van der Waals surface area contributed by atoms with Crippen molar-refractivity contribution in [2.75, 3.05) is 6.26 Å². The number of aryl methyl sites for hydroxylation is 1. The van der Waals surface area contributed by atoms with Crippen LogP contribution in [0.5, 0.6) is 0 Å². The summed E-state index contributed by atoms with van der Waals surface area (Å²) in [7, 11) is -3.61. The Balaban J connectivity index is 3.45. The average Bonchev–Trinajstić information content (AvgIpc) is 2.14. The SMILES string of the molecule is CCc1ccc(S(C)(=O)=O)cc1C(F)(F)F. The molecule has 0 fully saturated rings. The van der Waals surface area contributed by atoms with Crippen LogP contribution < -0.4 is 0 Å². The van der Waals surface area contributed by atoms with Gasteiger partial charge in [0, 0.05) is 6.26 Å². The Labute approximate surface area is 92.0 Å². The molecule has 0 aromatic heterocycles. The number of sulfone groups is 1. The Morgan fingerprint density at radius 3 is 2.19 bits per heavy atom. The average molecular weight is 252 g/mol. The third-order valence-electron chi connectivity index (χ3n) is 2.20. The van der Waals surface area contributed by atoms with Gasteiger partial charge in [-0.15, -0.1) is 0 Å². The van der Waals surface area contributed by atoms with Gasteiger partial charge >= 0.3 is 6.18 Å². The third-order valence-corrected chi connectivity index (χ3v) is 3.31. The Morgan fingerprint density at radius 1 is 1.25 bits per heavy atom. The van der Waals surface area contributed by atoms with Gasteiger partial charge in [0.15, 0.2) is 9.84 Å². The van der Waals surface area contributed by atoms with Crippen LogP contribution in [0.25, 0.3) is 0 Å². The molecule has 0 heterocycles. The molecule has 0 saturated carbocycles. The van der Waals surface area contributed by atoms with E-state index in [1.165, 1.54) is 12.1 Å². The minimum atomic E-state index is -4.52. The standard InChI is InChI=1S/C10H11F3O2S/c1-3-7-4-5-8(16(2,14)15)6-9(7)10(11,12)13/h4-6H,3H2,1-2H3. The highest BCUT2D eigenvalue weighted by Gasteiger charge is 2.33. The summed E-state index contributed by atoms with van der Waals surface area (Å²) in [5.41, 5.74) is -0.780. The van der Waals surface area contributed by atoms with E-state index in [1.54, 1.807) is 6.92 Å². The fourth-order valence-electron chi connectivity index (χ4n) is 1.36. The Hall–Kier alpha value is -1.04. The minimum absolute atomic E-state index is 0.0971. The van der Waals surface area contributed by atoms with Gasteiger partial charge < -0.3 is 0 Å². The van der Waals surface area contributed by atoms with Gasteiger partial charge in [-0.05, 0) is 24.1 Å². The first-order chi connectivity index (χ1) is 7.16. The molecule has 0 atom stereocenters. The predicted molar refractivity (Wildman–Crippen MR) is 53.9 cm³/mol. The zero-order chi connectivity index (χ0) is 12.6. The lowest BCUT2D eigenvalue weighted by Crippen LogP contribution is -2.10. The van der Waals surface area contributed by atoms with Crippen molar-refractivity contribution in [3.8, 4) is 0 Å². The molecule has 90 valence electrons. The summed E-state index contributed by atoms with van der Waals surface area (Å²) in [6, 6.07) is 3.09. The fourth-order valence-corrected chi connectivity index (χ4v) is 2.01. The van der Waals surface area contributed by atoms with E-state index < -0.39 is 21.6 Å². The van der Waals surface area contributed by atoms with Crippen LogP contribution in [0.1, 0.15) is 18.1 Å². The molecule has 0 aliphatic carbocycles. The van der Waals surface area contributed by atoms with Crippen molar-refractivity contribution in [2.45, 2.75) is 24.4 Å². The van der Waals surface area contributed by atoms with Gasteiger partial charge in [-0.3, -0.25) is 0 Å². The molecule has 0 aliphatic heterocycles. The summed E-state index contributed by atoms with van der Waals surface area (Å²) in [4.78, 5) is -0.308. The van der Waals surface area contributed by atoms with E-state index >= 15 is 0 Å². The molecule has 6 heteroatoms. The maximum absolute atomic E-state index is 12.6. The van der Waals surface area contributed by atoms with E-state index in [9.17, 15) is 21.6 Å². The Bertz CT molecular complexity index is 489. The lowest BCUT2D eigenvalue weighted by atomic mass is 10.1. The van der Waals surface area contributed by atoms with Gasteiger partial charge in [-0.2, -0.15) is 13.2 Å². The summed E-state index contributed by atoms with van der Waals surface area (Å²) >= 11 is 0. The van der Waals surface area contributed by atoms with E-state index in [1.807, 2.05) is 0 Å². The maximum atomic E-state index is 12.6. The molecule has 0 N–H and O–H groups in total. The van der Waals surface area contributed by atoms with Crippen LogP contribution in [0, 0.1) is 0 Å². The third kappa shape index (κ3) is 2.75. The zero-order valence-electron chi connectivity index (χ0n) is 8.80. The number of hydrogen-bond donors (Lipinski definition) is 0. The minimum Gasteiger partial charge on any atom is -0.224 e. The highest BCUT2D eigenvalue weighted by Crippen LogP contribution is 2.33. The maximum Gasteiger partial charge on any atom is 0.416 e. The van der Waals surface area contributed by atoms with Crippen LogP contribution in [0.4, 0.5) is 13.2 Å². The topological polar surface area (TPSA) is 34.1 Å². The van der Waals surface area contributed by atoms with Crippen LogP contribution in [0.3, 0.4) is 0 Å². The van der Waals surface area contributed by atoms with Crippen molar-refractivity contribution in [3.63, 3.8) is 0 Å². The van der Waals surface area contributed by atoms with E-state index in [-0.39, 0.29) is 16.9 Å². The molecule has 1 aromatic carbocycles. The number of alkyl halides is 3. The summed E-state index contributed by atoms with van der Waals surface area (Å²) in [6.07, 6.45) is -3.43. The van der Waals surface area contributed by atoms with E-state index in [2.05, 4.69) is 0 Å². The molecule has 0 saturated heterocycles. The predicted octanol–water partition coefficient (Wildman–Crippen LogP) is 2.67. The Morgan fingerprint density at radius 2 is 1.81 bits per heavy atom. The molecule has 0 aliphatic rings. The number of halogens is 3. The zero-order valence-corrected chi connectivity index (χ0v) is 9.61. The van der Waals surface area contributed by atoms with Crippen LogP contribution in [0.2, 0.25) is 0 Å². The summed E-state index contributed by atoms with van der Waals surface area (Å²) in [6.45, 7) is 1.59. The highest BCUT2D eigenvalue weighted by atomic mass is 32.2. The fraction of sp³-hybridized carbons (Fsp3) is 0.400. The van der Waals surface area contributed by atoms with Gasteiger partial charge in [0.1, 0.15) is 0 Å². The molecule has 0 unspecified atom stereocenters. The largest absolute Gasteiger partial charge is 0.416 e. The van der Waals surface area contributed by atoms with Crippen LogP contribution in [-0.4, -0.2) is 14.7 Å². The molecule has 0 bridgehead atoms. The molecule has 0 amide bonds. The van der Waals surface area contributed by atoms with Gasteiger partial charge in [-0.25, -0.2) is 8.42 Å². The van der Waals surface area contributed by atoms with Crippen molar-refractivity contribution in [2.24, 2.45) is 0 Å². The highest BCUT2D eigenvalue weighted by molar-refractivity contribution is 7.90. The van der Waals surface area contributed by atoms with Gasteiger partial charge in [0.05, 0.1) is 10.5 Å². The first-order valence-corrected chi connectivity index (χ1v) is 6.45. The second kappa shape index (κ2) is 4.08. The van der Waals surface area contributed by atoms with Crippen molar-refractivity contribution >= 4 is 9.84 Å². The van der Waals surface area contributed by atoms with Crippen LogP contribution in [-0.2, 0) is 22.4 Å². The lowest BCUT2D eigenvalue weighted by Gasteiger charge is -2.12. The smallest absolute Gasteiger partial charge is 0.224 e. The Kier molecular flexibility index (Phi) is 3.33. The summed E-state index contributed by atoms with van der Waals surface area (Å²) in [5.74, 6) is 0. The number of hydrogen-bond acceptors (Lipinski definition) is 2. The molecule has 1 aromatic rings. The van der Waals surface area contributed by atoms with E-state index in [0.29, 0.717) is 6.07 Å². The number of benzene rings is 1. The molecule has 2 nitrogen and oxygen atoms in total. The van der Waals surface area contributed by atoms with Gasteiger partial charge in [-0.1, -0.05) is 13.0 Å². The monoisotopic (exact) mass is 252 g/mol. The van der Waals surface area contributed by atoms with Gasteiger partial charge in [0.2, 0.25) is 0 Å². The van der Waals surface area contributed by atoms with Crippen LogP contribution >= 0.6 is 0 Å². The van der Waals surface area contributed by atoms with Crippen molar-refractivity contribution in [3.05, 3.63) is 29.3 Å². The number of rotatable bonds is 2. The molecule has 0 spiro atoms. The van der Waals surface area contributed by atoms with Crippen molar-refractivity contribution < 1.29 is 21.6 Å². The summed E-state index contributed by atoms with van der Waals surface area (Å²) < 4.78 is 60.1. The molecular formula is C10H11F3O2S. The summed E-state index contributed by atoms with van der Waals surface area (Å²) in [5, 5.41) is 0. The lowest BCUT2D eigenvalue weighted by molar-refractivity contribution is -0.138. The molecule has 1 rings (SSSR count). The normalized spacial score (nSPS) is 12.8. The van der Waals surface area contributed by atoms with E-state index in [0.717, 1.165) is 6.26 Å². The first-order valence-electron chi connectivity index (χ1n) is 4.56. The molecular weight excluding hydrogens is 241 g/mol. The van der Waals surface area contributed by atoms with Gasteiger partial charge in [0.25, 0.3) is 0 Å². The quantitative estimate of drug-likeness (QED) is 0.811. The second-order valence-corrected chi connectivity index (χ2v) is 5.46.